The summed E-state index contributed by atoms with van der Waals surface area (Å²) in [7, 11) is 0. The maximum absolute atomic E-state index is 8.79. The molecule has 0 spiro atoms. The first-order valence-electron chi connectivity index (χ1n) is 7.48. The Morgan fingerprint density at radius 1 is 1.27 bits per heavy atom. The van der Waals surface area contributed by atoms with E-state index in [0.717, 1.165) is 34.3 Å². The van der Waals surface area contributed by atoms with E-state index in [9.17, 15) is 0 Å². The van der Waals surface area contributed by atoms with Crippen molar-refractivity contribution in [2.45, 2.75) is 26.2 Å². The molecule has 0 aliphatic carbocycles. The summed E-state index contributed by atoms with van der Waals surface area (Å²) in [5.41, 5.74) is 3.38. The van der Waals surface area contributed by atoms with Gasteiger partial charge < -0.3 is 10.4 Å². The first-order chi connectivity index (χ1) is 10.7. The number of aromatic nitrogens is 3. The molecule has 0 radical (unpaired) electrons. The van der Waals surface area contributed by atoms with Crippen LogP contribution in [-0.4, -0.2) is 32.9 Å². The molecule has 1 aromatic carbocycles. The van der Waals surface area contributed by atoms with Crippen molar-refractivity contribution in [2.24, 2.45) is 0 Å². The Kier molecular flexibility index (Phi) is 4.40. The highest BCUT2D eigenvalue weighted by molar-refractivity contribution is 7.20. The monoisotopic (exact) mass is 316 g/mol. The van der Waals surface area contributed by atoms with Gasteiger partial charge in [-0.1, -0.05) is 49.4 Å². The van der Waals surface area contributed by atoms with E-state index in [-0.39, 0.29) is 6.61 Å². The summed E-state index contributed by atoms with van der Waals surface area (Å²) >= 11 is 1.52. The molecular formula is C16H20N4OS. The quantitative estimate of drug-likeness (QED) is 0.684. The van der Waals surface area contributed by atoms with E-state index in [1.807, 2.05) is 6.20 Å². The molecule has 2 aromatic heterocycles. The lowest BCUT2D eigenvalue weighted by molar-refractivity contribution is 0.292. The molecule has 2 N–H and O–H groups in total. The molecule has 3 aromatic rings. The minimum atomic E-state index is 0.187. The van der Waals surface area contributed by atoms with Crippen LogP contribution in [0.5, 0.6) is 0 Å². The second-order valence-electron chi connectivity index (χ2n) is 5.54. The fourth-order valence-electron chi connectivity index (χ4n) is 2.22. The Morgan fingerprint density at radius 3 is 2.68 bits per heavy atom. The third-order valence-corrected chi connectivity index (χ3v) is 4.41. The van der Waals surface area contributed by atoms with Crippen molar-refractivity contribution in [1.82, 2.24) is 14.6 Å². The molecule has 0 saturated carbocycles. The highest BCUT2D eigenvalue weighted by atomic mass is 32.1. The van der Waals surface area contributed by atoms with Crippen LogP contribution in [0.1, 0.15) is 31.7 Å². The summed E-state index contributed by atoms with van der Waals surface area (Å²) in [5, 5.41) is 17.3. The summed E-state index contributed by atoms with van der Waals surface area (Å²) < 4.78 is 1.80. The predicted octanol–water partition coefficient (Wildman–Crippen LogP) is 3.38. The minimum Gasteiger partial charge on any atom is -0.396 e. The fraction of sp³-hybridized carbons (Fsp3) is 0.375. The van der Waals surface area contributed by atoms with Crippen molar-refractivity contribution in [2.75, 3.05) is 18.5 Å². The van der Waals surface area contributed by atoms with Crippen molar-refractivity contribution in [3.8, 4) is 11.3 Å². The van der Waals surface area contributed by atoms with Crippen LogP contribution in [0.15, 0.2) is 30.5 Å². The smallest absolute Gasteiger partial charge is 0.214 e. The van der Waals surface area contributed by atoms with E-state index in [4.69, 9.17) is 5.11 Å². The van der Waals surface area contributed by atoms with Crippen LogP contribution in [0.4, 0.5) is 5.13 Å². The number of fused-ring (bicyclic) bond motifs is 1. The predicted molar refractivity (Wildman–Crippen MR) is 90.6 cm³/mol. The molecule has 0 atom stereocenters. The largest absolute Gasteiger partial charge is 0.396 e. The van der Waals surface area contributed by atoms with Gasteiger partial charge in [0.15, 0.2) is 0 Å². The Labute approximate surface area is 133 Å². The highest BCUT2D eigenvalue weighted by Gasteiger charge is 2.09. The van der Waals surface area contributed by atoms with Crippen molar-refractivity contribution in [3.63, 3.8) is 0 Å². The number of anilines is 1. The van der Waals surface area contributed by atoms with Crippen LogP contribution in [0.3, 0.4) is 0 Å². The van der Waals surface area contributed by atoms with Gasteiger partial charge in [0.1, 0.15) is 0 Å². The third-order valence-electron chi connectivity index (χ3n) is 3.53. The van der Waals surface area contributed by atoms with Gasteiger partial charge in [0.2, 0.25) is 10.1 Å². The number of nitrogens with one attached hydrogen (secondary N) is 1. The minimum absolute atomic E-state index is 0.187. The summed E-state index contributed by atoms with van der Waals surface area (Å²) in [4.78, 5) is 5.51. The number of aliphatic hydroxyl groups excluding tert-OH is 1. The van der Waals surface area contributed by atoms with Crippen molar-refractivity contribution < 1.29 is 5.11 Å². The normalized spacial score (nSPS) is 11.5. The number of nitrogens with zero attached hydrogens (tertiary/aromatic N) is 3. The molecule has 0 amide bonds. The molecule has 3 rings (SSSR count). The lowest BCUT2D eigenvalue weighted by atomic mass is 10.0. The second kappa shape index (κ2) is 6.46. The maximum atomic E-state index is 8.79. The zero-order valence-electron chi connectivity index (χ0n) is 12.8. The summed E-state index contributed by atoms with van der Waals surface area (Å²) in [6, 6.07) is 8.54. The number of hydrogen-bond donors (Lipinski definition) is 2. The Hall–Kier alpha value is -1.92. The molecule has 6 heteroatoms. The third kappa shape index (κ3) is 3.13. The van der Waals surface area contributed by atoms with E-state index >= 15 is 0 Å². The van der Waals surface area contributed by atoms with E-state index in [1.165, 1.54) is 16.9 Å². The van der Waals surface area contributed by atoms with Crippen LogP contribution in [-0.2, 0) is 0 Å². The van der Waals surface area contributed by atoms with Crippen LogP contribution in [0.2, 0.25) is 0 Å². The van der Waals surface area contributed by atoms with Gasteiger partial charge in [-0.15, -0.1) is 5.10 Å². The van der Waals surface area contributed by atoms with Gasteiger partial charge in [-0.2, -0.15) is 0 Å². The van der Waals surface area contributed by atoms with E-state index in [0.29, 0.717) is 5.92 Å². The standard InChI is InChI=1S/C16H20N4OS/c1-11(2)12-4-6-13(7-5-12)14-10-20-16(18-14)22-15(19-20)17-8-3-9-21/h4-7,10-11,21H,3,8-9H2,1-2H3,(H,17,19). The average molecular weight is 316 g/mol. The van der Waals surface area contributed by atoms with Crippen LogP contribution in [0.25, 0.3) is 16.2 Å². The molecular weight excluding hydrogens is 296 g/mol. The van der Waals surface area contributed by atoms with Gasteiger partial charge in [-0.25, -0.2) is 9.50 Å². The van der Waals surface area contributed by atoms with Gasteiger partial charge in [0.05, 0.1) is 11.9 Å². The second-order valence-corrected chi connectivity index (χ2v) is 6.50. The van der Waals surface area contributed by atoms with E-state index in [2.05, 4.69) is 53.5 Å². The molecule has 116 valence electrons. The number of imidazole rings is 1. The number of rotatable bonds is 6. The molecule has 0 aliphatic heterocycles. The number of benzene rings is 1. The Bertz CT molecular complexity index is 714. The Morgan fingerprint density at radius 2 is 2.05 bits per heavy atom. The lowest BCUT2D eigenvalue weighted by Gasteiger charge is -2.05. The van der Waals surface area contributed by atoms with Gasteiger partial charge in [0, 0.05) is 18.7 Å². The zero-order valence-corrected chi connectivity index (χ0v) is 13.6. The van der Waals surface area contributed by atoms with Crippen LogP contribution >= 0.6 is 11.3 Å². The fourth-order valence-corrected chi connectivity index (χ4v) is 3.03. The van der Waals surface area contributed by atoms with Crippen molar-refractivity contribution in [1.29, 1.82) is 0 Å². The lowest BCUT2D eigenvalue weighted by Crippen LogP contribution is -2.03. The molecule has 5 nitrogen and oxygen atoms in total. The zero-order chi connectivity index (χ0) is 15.5. The summed E-state index contributed by atoms with van der Waals surface area (Å²) in [5.74, 6) is 0.536. The molecule has 22 heavy (non-hydrogen) atoms. The molecule has 0 fully saturated rings. The Balaban J connectivity index is 1.78. The van der Waals surface area contributed by atoms with Crippen LogP contribution in [0, 0.1) is 0 Å². The van der Waals surface area contributed by atoms with Gasteiger partial charge in [-0.3, -0.25) is 0 Å². The summed E-state index contributed by atoms with van der Waals surface area (Å²) in [6.45, 7) is 5.29. The SMILES string of the molecule is CC(C)c1ccc(-c2cn3nc(NCCCO)sc3n2)cc1. The molecule has 0 saturated heterocycles. The van der Waals surface area contributed by atoms with Gasteiger partial charge in [0.25, 0.3) is 0 Å². The molecule has 0 aliphatic rings. The molecule has 0 unspecified atom stereocenters. The first-order valence-corrected chi connectivity index (χ1v) is 8.30. The van der Waals surface area contributed by atoms with Gasteiger partial charge in [-0.05, 0) is 17.9 Å². The van der Waals surface area contributed by atoms with E-state index < -0.39 is 0 Å². The summed E-state index contributed by atoms with van der Waals surface area (Å²) in [6.07, 6.45) is 2.67. The van der Waals surface area contributed by atoms with Crippen LogP contribution < -0.4 is 5.32 Å². The molecule has 0 bridgehead atoms. The topological polar surface area (TPSA) is 62.5 Å². The van der Waals surface area contributed by atoms with Gasteiger partial charge >= 0.3 is 0 Å². The highest BCUT2D eigenvalue weighted by Crippen LogP contribution is 2.25. The van der Waals surface area contributed by atoms with Crippen molar-refractivity contribution >= 4 is 21.4 Å². The van der Waals surface area contributed by atoms with E-state index in [1.54, 1.807) is 4.52 Å². The molecule has 2 heterocycles. The average Bonchev–Trinajstić information content (AvgIpc) is 3.06. The van der Waals surface area contributed by atoms with Crippen molar-refractivity contribution in [3.05, 3.63) is 36.0 Å². The maximum Gasteiger partial charge on any atom is 0.214 e. The first kappa shape index (κ1) is 15.0. The number of aliphatic hydroxyl groups is 1. The number of hydrogen-bond acceptors (Lipinski definition) is 5.